The Morgan fingerprint density at radius 1 is 1.15 bits per heavy atom. The van der Waals surface area contributed by atoms with Crippen LogP contribution in [0.1, 0.15) is 11.3 Å². The molecule has 10 heteroatoms. The number of aryl methyl sites for hydroxylation is 1. The number of nitrogens with one attached hydrogen (secondary N) is 3. The SMILES string of the molecule is Cc1ccc(NC(=O)Nc2cc(F)cc(CNCS(=O)(=O)N(C)C)c2)cn1. The zero-order valence-electron chi connectivity index (χ0n) is 15.3. The van der Waals surface area contributed by atoms with Gasteiger partial charge in [0.1, 0.15) is 11.7 Å². The summed E-state index contributed by atoms with van der Waals surface area (Å²) in [7, 11) is -0.535. The van der Waals surface area contributed by atoms with E-state index in [0.29, 0.717) is 11.3 Å². The number of amides is 2. The minimum absolute atomic E-state index is 0.128. The molecule has 0 fully saturated rings. The lowest BCUT2D eigenvalue weighted by Crippen LogP contribution is -2.32. The molecule has 0 saturated heterocycles. The first-order valence-electron chi connectivity index (χ1n) is 8.07. The van der Waals surface area contributed by atoms with Gasteiger partial charge in [0.15, 0.2) is 0 Å². The third kappa shape index (κ3) is 6.59. The summed E-state index contributed by atoms with van der Waals surface area (Å²) >= 11 is 0. The third-order valence-corrected chi connectivity index (χ3v) is 5.24. The minimum Gasteiger partial charge on any atom is -0.308 e. The van der Waals surface area contributed by atoms with Crippen molar-refractivity contribution < 1.29 is 17.6 Å². The van der Waals surface area contributed by atoms with Crippen molar-refractivity contribution in [1.82, 2.24) is 14.6 Å². The van der Waals surface area contributed by atoms with E-state index in [1.165, 1.54) is 32.4 Å². The van der Waals surface area contributed by atoms with Crippen LogP contribution in [0.3, 0.4) is 0 Å². The Balaban J connectivity index is 1.97. The normalized spacial score (nSPS) is 11.4. The molecule has 0 saturated carbocycles. The molecule has 1 heterocycles. The van der Waals surface area contributed by atoms with Crippen LogP contribution in [0.25, 0.3) is 0 Å². The van der Waals surface area contributed by atoms with Gasteiger partial charge in [0, 0.05) is 32.0 Å². The Kier molecular flexibility index (Phi) is 6.83. The summed E-state index contributed by atoms with van der Waals surface area (Å²) in [6.07, 6.45) is 1.51. The number of carbonyl (C=O) groups excluding carboxylic acids is 1. The third-order valence-electron chi connectivity index (χ3n) is 3.55. The van der Waals surface area contributed by atoms with Crippen LogP contribution in [-0.4, -0.2) is 43.7 Å². The van der Waals surface area contributed by atoms with Crippen molar-refractivity contribution in [3.8, 4) is 0 Å². The number of benzene rings is 1. The molecule has 2 amide bonds. The zero-order valence-corrected chi connectivity index (χ0v) is 16.1. The quantitative estimate of drug-likeness (QED) is 0.666. The summed E-state index contributed by atoms with van der Waals surface area (Å²) in [5.74, 6) is -0.822. The fraction of sp³-hybridized carbons (Fsp3) is 0.294. The highest BCUT2D eigenvalue weighted by Gasteiger charge is 2.13. The van der Waals surface area contributed by atoms with Crippen LogP contribution in [0.5, 0.6) is 0 Å². The summed E-state index contributed by atoms with van der Waals surface area (Å²) < 4.78 is 38.3. The Morgan fingerprint density at radius 2 is 1.85 bits per heavy atom. The van der Waals surface area contributed by atoms with Gasteiger partial charge in [-0.25, -0.2) is 21.9 Å². The lowest BCUT2D eigenvalue weighted by atomic mass is 10.2. The smallest absolute Gasteiger partial charge is 0.308 e. The largest absolute Gasteiger partial charge is 0.323 e. The number of nitrogens with zero attached hydrogens (tertiary/aromatic N) is 2. The highest BCUT2D eigenvalue weighted by molar-refractivity contribution is 7.89. The maximum absolute atomic E-state index is 13.8. The van der Waals surface area contributed by atoms with E-state index in [1.54, 1.807) is 18.2 Å². The first kappa shape index (κ1) is 20.7. The average Bonchev–Trinajstić information content (AvgIpc) is 2.56. The number of carbonyl (C=O) groups is 1. The van der Waals surface area contributed by atoms with E-state index in [4.69, 9.17) is 0 Å². The van der Waals surface area contributed by atoms with Crippen LogP contribution >= 0.6 is 0 Å². The molecule has 2 aromatic rings. The summed E-state index contributed by atoms with van der Waals surface area (Å²) in [5.41, 5.74) is 2.07. The molecular formula is C17H22FN5O3S. The standard InChI is InChI=1S/C17H22FN5O3S/c1-12-4-5-15(10-20-12)21-17(24)22-16-7-13(6-14(18)8-16)9-19-11-27(25,26)23(2)3/h4-8,10,19H,9,11H2,1-3H3,(H2,21,22,24). The molecule has 0 aliphatic carbocycles. The molecule has 0 bridgehead atoms. The monoisotopic (exact) mass is 395 g/mol. The van der Waals surface area contributed by atoms with Gasteiger partial charge in [-0.1, -0.05) is 0 Å². The molecule has 146 valence electrons. The second-order valence-electron chi connectivity index (χ2n) is 6.08. The van der Waals surface area contributed by atoms with Gasteiger partial charge >= 0.3 is 6.03 Å². The summed E-state index contributed by atoms with van der Waals surface area (Å²) in [5, 5.41) is 7.88. The second kappa shape index (κ2) is 8.89. The summed E-state index contributed by atoms with van der Waals surface area (Å²) in [6.45, 7) is 1.96. The fourth-order valence-electron chi connectivity index (χ4n) is 2.11. The van der Waals surface area contributed by atoms with Crippen molar-refractivity contribution in [2.45, 2.75) is 13.5 Å². The van der Waals surface area contributed by atoms with Crippen molar-refractivity contribution in [3.63, 3.8) is 0 Å². The van der Waals surface area contributed by atoms with Crippen LogP contribution in [0.15, 0.2) is 36.5 Å². The number of halogens is 1. The summed E-state index contributed by atoms with van der Waals surface area (Å²) in [4.78, 5) is 16.1. The van der Waals surface area contributed by atoms with Crippen LogP contribution in [0, 0.1) is 12.7 Å². The number of pyridine rings is 1. The van der Waals surface area contributed by atoms with Crippen molar-refractivity contribution in [2.24, 2.45) is 0 Å². The van der Waals surface area contributed by atoms with Crippen molar-refractivity contribution in [1.29, 1.82) is 0 Å². The maximum atomic E-state index is 13.8. The van der Waals surface area contributed by atoms with E-state index in [1.807, 2.05) is 6.92 Å². The zero-order chi connectivity index (χ0) is 20.0. The van der Waals surface area contributed by atoms with Gasteiger partial charge in [-0.3, -0.25) is 10.3 Å². The molecule has 0 unspecified atom stereocenters. The number of aromatic nitrogens is 1. The fourth-order valence-corrected chi connectivity index (χ4v) is 2.73. The van der Waals surface area contributed by atoms with E-state index in [9.17, 15) is 17.6 Å². The molecular weight excluding hydrogens is 373 g/mol. The van der Waals surface area contributed by atoms with E-state index in [0.717, 1.165) is 10.00 Å². The molecule has 0 aliphatic heterocycles. The van der Waals surface area contributed by atoms with E-state index < -0.39 is 21.9 Å². The van der Waals surface area contributed by atoms with Gasteiger partial charge in [0.2, 0.25) is 10.0 Å². The van der Waals surface area contributed by atoms with Crippen LogP contribution < -0.4 is 16.0 Å². The van der Waals surface area contributed by atoms with Crippen LogP contribution in [0.4, 0.5) is 20.6 Å². The topological polar surface area (TPSA) is 103 Å². The lowest BCUT2D eigenvalue weighted by Gasteiger charge is -2.13. The predicted octanol–water partition coefficient (Wildman–Crippen LogP) is 2.11. The molecule has 1 aromatic heterocycles. The van der Waals surface area contributed by atoms with Gasteiger partial charge in [-0.05, 0) is 42.8 Å². The molecule has 0 spiro atoms. The van der Waals surface area contributed by atoms with E-state index >= 15 is 0 Å². The van der Waals surface area contributed by atoms with Crippen molar-refractivity contribution >= 4 is 27.4 Å². The maximum Gasteiger partial charge on any atom is 0.323 e. The Labute approximate surface area is 157 Å². The molecule has 0 atom stereocenters. The second-order valence-corrected chi connectivity index (χ2v) is 8.26. The van der Waals surface area contributed by atoms with Gasteiger partial charge in [0.25, 0.3) is 0 Å². The van der Waals surface area contributed by atoms with Gasteiger partial charge in [-0.2, -0.15) is 0 Å². The van der Waals surface area contributed by atoms with Crippen molar-refractivity contribution in [3.05, 3.63) is 53.6 Å². The van der Waals surface area contributed by atoms with Crippen molar-refractivity contribution in [2.75, 3.05) is 30.6 Å². The number of urea groups is 1. The number of sulfonamides is 1. The highest BCUT2D eigenvalue weighted by atomic mass is 32.2. The molecule has 0 radical (unpaired) electrons. The lowest BCUT2D eigenvalue weighted by molar-refractivity contribution is 0.262. The first-order valence-corrected chi connectivity index (χ1v) is 9.68. The van der Waals surface area contributed by atoms with Gasteiger partial charge < -0.3 is 10.6 Å². The van der Waals surface area contributed by atoms with Gasteiger partial charge in [-0.15, -0.1) is 0 Å². The molecule has 3 N–H and O–H groups in total. The Hall–Kier alpha value is -2.56. The predicted molar refractivity (Wildman–Crippen MR) is 102 cm³/mol. The number of rotatable bonds is 7. The number of hydrogen-bond donors (Lipinski definition) is 3. The molecule has 27 heavy (non-hydrogen) atoms. The summed E-state index contributed by atoms with van der Waals surface area (Å²) in [6, 6.07) is 6.92. The van der Waals surface area contributed by atoms with E-state index in [-0.39, 0.29) is 18.1 Å². The minimum atomic E-state index is -3.40. The first-order chi connectivity index (χ1) is 12.7. The molecule has 2 rings (SSSR count). The van der Waals surface area contributed by atoms with Gasteiger partial charge in [0.05, 0.1) is 11.9 Å². The number of anilines is 2. The molecule has 8 nitrogen and oxygen atoms in total. The Morgan fingerprint density at radius 3 is 2.48 bits per heavy atom. The molecule has 0 aliphatic rings. The highest BCUT2D eigenvalue weighted by Crippen LogP contribution is 2.15. The Bertz CT molecular complexity index is 901. The molecule has 1 aromatic carbocycles. The van der Waals surface area contributed by atoms with Crippen LogP contribution in [0.2, 0.25) is 0 Å². The number of hydrogen-bond acceptors (Lipinski definition) is 5. The average molecular weight is 395 g/mol. The van der Waals surface area contributed by atoms with Crippen LogP contribution in [-0.2, 0) is 16.6 Å². The van der Waals surface area contributed by atoms with E-state index in [2.05, 4.69) is 20.9 Å².